The molecule has 0 aromatic carbocycles. The maximum atomic E-state index is 2.49. The highest BCUT2D eigenvalue weighted by atomic mass is 14.6. The Morgan fingerprint density at radius 1 is 0.769 bits per heavy atom. The molecule has 0 bridgehead atoms. The van der Waals surface area contributed by atoms with Crippen molar-refractivity contribution in [2.75, 3.05) is 0 Å². The van der Waals surface area contributed by atoms with E-state index in [1.54, 1.807) is 38.5 Å². The summed E-state index contributed by atoms with van der Waals surface area (Å²) in [6.45, 7) is 4.98. The molecule has 13 heavy (non-hydrogen) atoms. The van der Waals surface area contributed by atoms with E-state index in [9.17, 15) is 0 Å². The highest BCUT2D eigenvalue weighted by molar-refractivity contribution is 5.00. The second kappa shape index (κ2) is 2.52. The lowest BCUT2D eigenvalue weighted by Crippen LogP contribution is -2.11. The summed E-state index contributed by atoms with van der Waals surface area (Å²) >= 11 is 0. The Morgan fingerprint density at radius 3 is 1.46 bits per heavy atom. The molecule has 0 nitrogen and oxygen atoms in total. The Labute approximate surface area is 82.1 Å². The minimum Gasteiger partial charge on any atom is -0.0599 e. The van der Waals surface area contributed by atoms with E-state index >= 15 is 0 Å². The van der Waals surface area contributed by atoms with E-state index in [-0.39, 0.29) is 0 Å². The summed E-state index contributed by atoms with van der Waals surface area (Å²) in [6, 6.07) is 0. The molecule has 2 atom stereocenters. The Hall–Kier alpha value is 0. The van der Waals surface area contributed by atoms with Crippen molar-refractivity contribution in [2.45, 2.75) is 52.4 Å². The second-order valence-corrected chi connectivity index (χ2v) is 6.58. The van der Waals surface area contributed by atoms with Crippen LogP contribution in [0.5, 0.6) is 0 Å². The highest BCUT2D eigenvalue weighted by Gasteiger charge is 2.50. The van der Waals surface area contributed by atoms with Gasteiger partial charge in [0.15, 0.2) is 0 Å². The van der Waals surface area contributed by atoms with Gasteiger partial charge in [0.05, 0.1) is 0 Å². The van der Waals surface area contributed by atoms with Crippen molar-refractivity contribution in [3.8, 4) is 0 Å². The van der Waals surface area contributed by atoms with Crippen molar-refractivity contribution in [2.24, 2.45) is 29.1 Å². The summed E-state index contributed by atoms with van der Waals surface area (Å²) in [6.07, 6.45) is 9.32. The number of hydrogen-bond donors (Lipinski definition) is 0. The molecule has 3 aliphatic carbocycles. The molecule has 0 heteroatoms. The molecule has 3 aliphatic rings. The van der Waals surface area contributed by atoms with E-state index < -0.39 is 0 Å². The molecule has 0 N–H and O–H groups in total. The summed E-state index contributed by atoms with van der Waals surface area (Å²) in [5.74, 6) is 4.60. The van der Waals surface area contributed by atoms with E-state index in [1.165, 1.54) is 0 Å². The molecule has 74 valence electrons. The summed E-state index contributed by atoms with van der Waals surface area (Å²) in [5, 5.41) is 0. The van der Waals surface area contributed by atoms with Crippen LogP contribution in [0.15, 0.2) is 0 Å². The summed E-state index contributed by atoms with van der Waals surface area (Å²) in [7, 11) is 0. The Bertz CT molecular complexity index is 186. The average molecular weight is 178 g/mol. The number of hydrogen-bond acceptors (Lipinski definition) is 0. The summed E-state index contributed by atoms with van der Waals surface area (Å²) < 4.78 is 0. The topological polar surface area (TPSA) is 0 Å². The lowest BCUT2D eigenvalue weighted by atomic mass is 9.88. The Kier molecular flexibility index (Phi) is 1.61. The molecule has 0 amide bonds. The van der Waals surface area contributed by atoms with Crippen LogP contribution in [0.4, 0.5) is 0 Å². The first-order chi connectivity index (χ1) is 6.16. The molecule has 3 rings (SSSR count). The maximum absolute atomic E-state index is 2.49. The maximum Gasteiger partial charge on any atom is -0.0349 e. The lowest BCUT2D eigenvalue weighted by Gasteiger charge is -2.17. The van der Waals surface area contributed by atoms with Gasteiger partial charge in [0.2, 0.25) is 0 Å². The van der Waals surface area contributed by atoms with E-state index in [0.717, 1.165) is 23.7 Å². The minimum atomic E-state index is 0.681. The average Bonchev–Trinajstić information content (AvgIpc) is 2.90. The monoisotopic (exact) mass is 178 g/mol. The van der Waals surface area contributed by atoms with Gasteiger partial charge in [0.1, 0.15) is 0 Å². The third-order valence-corrected chi connectivity index (χ3v) is 4.58. The van der Waals surface area contributed by atoms with Crippen LogP contribution in [0.1, 0.15) is 52.4 Å². The van der Waals surface area contributed by atoms with Crippen LogP contribution >= 0.6 is 0 Å². The van der Waals surface area contributed by atoms with Crippen LogP contribution in [0.2, 0.25) is 0 Å². The lowest BCUT2D eigenvalue weighted by molar-refractivity contribution is 0.310. The molecular formula is C13H22. The fraction of sp³-hybridized carbons (Fsp3) is 1.00. The van der Waals surface area contributed by atoms with Crippen LogP contribution in [0, 0.1) is 29.1 Å². The van der Waals surface area contributed by atoms with Crippen molar-refractivity contribution in [1.82, 2.24) is 0 Å². The van der Waals surface area contributed by atoms with Crippen LogP contribution in [-0.4, -0.2) is 0 Å². The fourth-order valence-corrected chi connectivity index (χ4v) is 3.74. The van der Waals surface area contributed by atoms with Gasteiger partial charge in [-0.2, -0.15) is 0 Å². The second-order valence-electron chi connectivity index (χ2n) is 6.58. The molecule has 0 saturated heterocycles. The molecule has 3 saturated carbocycles. The standard InChI is InChI=1S/C13H22/c1-13(2)7-11(9-3-4-9)12(8-13)10-5-6-10/h9-12H,3-8H2,1-2H3. The van der Waals surface area contributed by atoms with Crippen molar-refractivity contribution >= 4 is 0 Å². The Balaban J connectivity index is 1.75. The first-order valence-electron chi connectivity index (χ1n) is 6.16. The zero-order valence-electron chi connectivity index (χ0n) is 9.05. The highest BCUT2D eigenvalue weighted by Crippen LogP contribution is 2.60. The van der Waals surface area contributed by atoms with Crippen LogP contribution in [0.3, 0.4) is 0 Å². The predicted octanol–water partition coefficient (Wildman–Crippen LogP) is 3.86. The van der Waals surface area contributed by atoms with E-state index in [4.69, 9.17) is 0 Å². The largest absolute Gasteiger partial charge is 0.0599 e. The third kappa shape index (κ3) is 1.53. The van der Waals surface area contributed by atoms with Gasteiger partial charge in [-0.3, -0.25) is 0 Å². The molecule has 0 radical (unpaired) electrons. The van der Waals surface area contributed by atoms with Crippen molar-refractivity contribution < 1.29 is 0 Å². The summed E-state index contributed by atoms with van der Waals surface area (Å²) in [4.78, 5) is 0. The van der Waals surface area contributed by atoms with Crippen molar-refractivity contribution in [3.05, 3.63) is 0 Å². The zero-order chi connectivity index (χ0) is 9.05. The van der Waals surface area contributed by atoms with Gasteiger partial charge in [-0.1, -0.05) is 13.8 Å². The van der Waals surface area contributed by atoms with Crippen molar-refractivity contribution in [1.29, 1.82) is 0 Å². The SMILES string of the molecule is CC1(C)CC(C2CC2)C(C2CC2)C1. The molecule has 3 fully saturated rings. The third-order valence-electron chi connectivity index (χ3n) is 4.58. The Morgan fingerprint density at radius 2 is 1.15 bits per heavy atom. The van der Waals surface area contributed by atoms with E-state index in [2.05, 4.69) is 13.8 Å². The molecule has 0 aromatic heterocycles. The van der Waals surface area contributed by atoms with E-state index in [0.29, 0.717) is 5.41 Å². The molecular weight excluding hydrogens is 156 g/mol. The van der Waals surface area contributed by atoms with Crippen LogP contribution < -0.4 is 0 Å². The summed E-state index contributed by atoms with van der Waals surface area (Å²) in [5.41, 5.74) is 0.681. The minimum absolute atomic E-state index is 0.681. The van der Waals surface area contributed by atoms with E-state index in [1.807, 2.05) is 0 Å². The normalized spacial score (nSPS) is 43.8. The molecule has 0 spiro atoms. The first kappa shape index (κ1) is 8.32. The van der Waals surface area contributed by atoms with Gasteiger partial charge >= 0.3 is 0 Å². The van der Waals surface area contributed by atoms with Crippen LogP contribution in [-0.2, 0) is 0 Å². The molecule has 0 aliphatic heterocycles. The first-order valence-corrected chi connectivity index (χ1v) is 6.16. The predicted molar refractivity (Wildman–Crippen MR) is 55.4 cm³/mol. The van der Waals surface area contributed by atoms with Gasteiger partial charge in [0, 0.05) is 0 Å². The van der Waals surface area contributed by atoms with Gasteiger partial charge in [-0.15, -0.1) is 0 Å². The number of rotatable bonds is 2. The zero-order valence-corrected chi connectivity index (χ0v) is 9.05. The quantitative estimate of drug-likeness (QED) is 0.602. The van der Waals surface area contributed by atoms with Gasteiger partial charge in [-0.25, -0.2) is 0 Å². The van der Waals surface area contributed by atoms with Gasteiger partial charge in [0.25, 0.3) is 0 Å². The fourth-order valence-electron chi connectivity index (χ4n) is 3.74. The van der Waals surface area contributed by atoms with Crippen LogP contribution in [0.25, 0.3) is 0 Å². The molecule has 0 aromatic rings. The van der Waals surface area contributed by atoms with Gasteiger partial charge < -0.3 is 0 Å². The molecule has 2 unspecified atom stereocenters. The van der Waals surface area contributed by atoms with Gasteiger partial charge in [-0.05, 0) is 67.6 Å². The smallest absolute Gasteiger partial charge is 0.0349 e. The molecule has 0 heterocycles. The van der Waals surface area contributed by atoms with Crippen molar-refractivity contribution in [3.63, 3.8) is 0 Å².